The van der Waals surface area contributed by atoms with Crippen molar-refractivity contribution in [3.8, 4) is 0 Å². The molecule has 5 nitrogen and oxygen atoms in total. The number of benzene rings is 1. The van der Waals surface area contributed by atoms with Crippen LogP contribution in [0.4, 0.5) is 5.69 Å². The summed E-state index contributed by atoms with van der Waals surface area (Å²) in [5, 5.41) is 5.83. The van der Waals surface area contributed by atoms with Crippen LogP contribution in [0, 0.1) is 0 Å². The van der Waals surface area contributed by atoms with Crippen molar-refractivity contribution < 1.29 is 9.59 Å². The largest absolute Gasteiger partial charge is 0.399 e. The first kappa shape index (κ1) is 19.0. The van der Waals surface area contributed by atoms with Gasteiger partial charge in [0.05, 0.1) is 0 Å². The molecule has 0 atom stereocenters. The van der Waals surface area contributed by atoms with Crippen LogP contribution in [-0.2, 0) is 4.79 Å². The molecule has 0 aliphatic rings. The lowest BCUT2D eigenvalue weighted by molar-refractivity contribution is -0.121. The van der Waals surface area contributed by atoms with Gasteiger partial charge in [-0.25, -0.2) is 0 Å². The maximum absolute atomic E-state index is 11.9. The van der Waals surface area contributed by atoms with Gasteiger partial charge in [0.1, 0.15) is 0 Å². The molecule has 0 aliphatic heterocycles. The Labute approximate surface area is 139 Å². The molecule has 1 aromatic rings. The van der Waals surface area contributed by atoms with E-state index in [0.717, 1.165) is 45.1 Å². The maximum Gasteiger partial charge on any atom is 0.251 e. The van der Waals surface area contributed by atoms with Crippen LogP contribution in [0.15, 0.2) is 24.3 Å². The quantitative estimate of drug-likeness (QED) is 0.433. The fourth-order valence-electron chi connectivity index (χ4n) is 2.20. The number of hydrogen-bond donors (Lipinski definition) is 3. The number of nitrogen functional groups attached to an aromatic ring is 1. The topological polar surface area (TPSA) is 84.2 Å². The van der Waals surface area contributed by atoms with E-state index in [1.54, 1.807) is 24.3 Å². The summed E-state index contributed by atoms with van der Waals surface area (Å²) in [6.07, 6.45) is 6.69. The van der Waals surface area contributed by atoms with Gasteiger partial charge >= 0.3 is 0 Å². The minimum Gasteiger partial charge on any atom is -0.399 e. The Hall–Kier alpha value is -2.04. The van der Waals surface area contributed by atoms with Gasteiger partial charge in [0.15, 0.2) is 0 Å². The molecule has 0 bridgehead atoms. The molecule has 4 N–H and O–H groups in total. The van der Waals surface area contributed by atoms with E-state index < -0.39 is 0 Å². The second kappa shape index (κ2) is 11.5. The molecule has 23 heavy (non-hydrogen) atoms. The van der Waals surface area contributed by atoms with E-state index in [2.05, 4.69) is 17.6 Å². The van der Waals surface area contributed by atoms with Crippen molar-refractivity contribution in [3.05, 3.63) is 29.8 Å². The van der Waals surface area contributed by atoms with E-state index >= 15 is 0 Å². The molecule has 0 heterocycles. The van der Waals surface area contributed by atoms with Crippen molar-refractivity contribution >= 4 is 17.5 Å². The molecule has 0 saturated heterocycles. The van der Waals surface area contributed by atoms with Crippen LogP contribution >= 0.6 is 0 Å². The number of anilines is 1. The highest BCUT2D eigenvalue weighted by molar-refractivity contribution is 5.94. The standard InChI is InChI=1S/C18H29N3O2/c1-2-3-8-17(22)20-13-6-4-5-7-14-21-18(23)15-9-11-16(19)12-10-15/h9-12H,2-8,13-14,19H2,1H3,(H,20,22)(H,21,23). The third-order valence-electron chi connectivity index (χ3n) is 3.64. The smallest absolute Gasteiger partial charge is 0.251 e. The summed E-state index contributed by atoms with van der Waals surface area (Å²) in [6.45, 7) is 3.51. The molecule has 0 unspecified atom stereocenters. The van der Waals surface area contributed by atoms with Crippen LogP contribution in [0.1, 0.15) is 62.2 Å². The Balaban J connectivity index is 1.98. The van der Waals surface area contributed by atoms with E-state index in [4.69, 9.17) is 5.73 Å². The zero-order valence-corrected chi connectivity index (χ0v) is 14.1. The SMILES string of the molecule is CCCCC(=O)NCCCCCCNC(=O)c1ccc(N)cc1. The fraction of sp³-hybridized carbons (Fsp3) is 0.556. The Morgan fingerprint density at radius 2 is 1.52 bits per heavy atom. The van der Waals surface area contributed by atoms with Crippen molar-refractivity contribution in [3.63, 3.8) is 0 Å². The second-order valence-corrected chi connectivity index (χ2v) is 5.75. The van der Waals surface area contributed by atoms with Crippen LogP contribution in [0.2, 0.25) is 0 Å². The first-order chi connectivity index (χ1) is 11.1. The van der Waals surface area contributed by atoms with Crippen LogP contribution in [0.25, 0.3) is 0 Å². The highest BCUT2D eigenvalue weighted by Gasteiger charge is 2.03. The lowest BCUT2D eigenvalue weighted by atomic mass is 10.1. The van der Waals surface area contributed by atoms with Crippen molar-refractivity contribution in [1.82, 2.24) is 10.6 Å². The predicted molar refractivity (Wildman–Crippen MR) is 94.2 cm³/mol. The van der Waals surface area contributed by atoms with Gasteiger partial charge in [-0.15, -0.1) is 0 Å². The summed E-state index contributed by atoms with van der Waals surface area (Å²) >= 11 is 0. The molecule has 0 fully saturated rings. The highest BCUT2D eigenvalue weighted by atomic mass is 16.2. The van der Waals surface area contributed by atoms with Crippen LogP contribution in [-0.4, -0.2) is 24.9 Å². The molecule has 0 saturated carbocycles. The summed E-state index contributed by atoms with van der Waals surface area (Å²) in [6, 6.07) is 6.91. The number of hydrogen-bond acceptors (Lipinski definition) is 3. The minimum atomic E-state index is -0.0619. The Kier molecular flexibility index (Phi) is 9.52. The minimum absolute atomic E-state index is 0.0619. The molecule has 0 spiro atoms. The number of rotatable bonds is 11. The predicted octanol–water partition coefficient (Wildman–Crippen LogP) is 2.87. The van der Waals surface area contributed by atoms with Crippen molar-refractivity contribution in [1.29, 1.82) is 0 Å². The molecule has 0 radical (unpaired) electrons. The van der Waals surface area contributed by atoms with E-state index in [-0.39, 0.29) is 11.8 Å². The highest BCUT2D eigenvalue weighted by Crippen LogP contribution is 2.05. The average Bonchev–Trinajstić information content (AvgIpc) is 2.55. The van der Waals surface area contributed by atoms with E-state index in [0.29, 0.717) is 24.2 Å². The number of unbranched alkanes of at least 4 members (excludes halogenated alkanes) is 4. The molecule has 5 heteroatoms. The lowest BCUT2D eigenvalue weighted by Gasteiger charge is -2.06. The number of nitrogens with one attached hydrogen (secondary N) is 2. The van der Waals surface area contributed by atoms with Crippen LogP contribution in [0.3, 0.4) is 0 Å². The summed E-state index contributed by atoms with van der Waals surface area (Å²) in [7, 11) is 0. The molecular formula is C18H29N3O2. The van der Waals surface area contributed by atoms with E-state index in [9.17, 15) is 9.59 Å². The van der Waals surface area contributed by atoms with Gasteiger partial charge in [0.2, 0.25) is 5.91 Å². The van der Waals surface area contributed by atoms with Gasteiger partial charge in [-0.05, 0) is 43.5 Å². The van der Waals surface area contributed by atoms with Crippen molar-refractivity contribution in [2.75, 3.05) is 18.8 Å². The fourth-order valence-corrected chi connectivity index (χ4v) is 2.20. The van der Waals surface area contributed by atoms with E-state index in [1.165, 1.54) is 0 Å². The van der Waals surface area contributed by atoms with Crippen LogP contribution < -0.4 is 16.4 Å². The number of carbonyl (C=O) groups is 2. The summed E-state index contributed by atoms with van der Waals surface area (Å²) in [5.74, 6) is 0.0933. The zero-order chi connectivity index (χ0) is 16.9. The molecule has 2 amide bonds. The number of nitrogens with two attached hydrogens (primary N) is 1. The van der Waals surface area contributed by atoms with E-state index in [1.807, 2.05) is 0 Å². The monoisotopic (exact) mass is 319 g/mol. The molecule has 1 rings (SSSR count). The first-order valence-electron chi connectivity index (χ1n) is 8.54. The summed E-state index contributed by atoms with van der Waals surface area (Å²) in [4.78, 5) is 23.3. The van der Waals surface area contributed by atoms with Gasteiger partial charge in [-0.1, -0.05) is 26.2 Å². The third kappa shape index (κ3) is 8.86. The molecular weight excluding hydrogens is 290 g/mol. The normalized spacial score (nSPS) is 10.3. The summed E-state index contributed by atoms with van der Waals surface area (Å²) < 4.78 is 0. The lowest BCUT2D eigenvalue weighted by Crippen LogP contribution is -2.25. The Bertz CT molecular complexity index is 472. The molecule has 0 aliphatic carbocycles. The second-order valence-electron chi connectivity index (χ2n) is 5.75. The summed E-state index contributed by atoms with van der Waals surface area (Å²) in [5.41, 5.74) is 6.88. The van der Waals surface area contributed by atoms with Gasteiger partial charge in [-0.3, -0.25) is 9.59 Å². The molecule has 1 aromatic carbocycles. The first-order valence-corrected chi connectivity index (χ1v) is 8.54. The van der Waals surface area contributed by atoms with Gasteiger partial charge < -0.3 is 16.4 Å². The van der Waals surface area contributed by atoms with Gasteiger partial charge in [0, 0.05) is 30.8 Å². The number of carbonyl (C=O) groups excluding carboxylic acids is 2. The van der Waals surface area contributed by atoms with Crippen LogP contribution in [0.5, 0.6) is 0 Å². The molecule has 0 aromatic heterocycles. The van der Waals surface area contributed by atoms with Gasteiger partial charge in [0.25, 0.3) is 5.91 Å². The van der Waals surface area contributed by atoms with Gasteiger partial charge in [-0.2, -0.15) is 0 Å². The number of amides is 2. The zero-order valence-electron chi connectivity index (χ0n) is 14.1. The average molecular weight is 319 g/mol. The maximum atomic E-state index is 11.9. The third-order valence-corrected chi connectivity index (χ3v) is 3.64. The molecule has 128 valence electrons. The Morgan fingerprint density at radius 3 is 2.13 bits per heavy atom. The Morgan fingerprint density at radius 1 is 0.913 bits per heavy atom. The van der Waals surface area contributed by atoms with Crippen molar-refractivity contribution in [2.24, 2.45) is 0 Å². The van der Waals surface area contributed by atoms with Crippen molar-refractivity contribution in [2.45, 2.75) is 51.9 Å².